The highest BCUT2D eigenvalue weighted by atomic mass is 32.2. The standard InChI is InChI=1S/C28H35FN2O2S/c1-6-31(7-2)16-8-15-30-28(32)20(4)27-19(3)25(24-14-11-22(29)18-26(24)27)17-21-9-12-23(13-10-21)34(5)33/h9-14,17-18,20H,6-8,15-16H2,1-5H3,(H,30,32)/b25-17-. The molecule has 0 spiro atoms. The molecule has 0 heterocycles. The zero-order valence-corrected chi connectivity index (χ0v) is 21.6. The number of hydrogen-bond donors (Lipinski definition) is 1. The molecule has 0 aliphatic heterocycles. The molecule has 2 aromatic carbocycles. The van der Waals surface area contributed by atoms with Crippen LogP contribution in [0.1, 0.15) is 50.8 Å². The molecule has 1 N–H and O–H groups in total. The van der Waals surface area contributed by atoms with Crippen LogP contribution in [0.25, 0.3) is 17.2 Å². The molecule has 2 unspecified atom stereocenters. The number of fused-ring (bicyclic) bond motifs is 1. The van der Waals surface area contributed by atoms with Crippen molar-refractivity contribution in [2.75, 3.05) is 32.4 Å². The predicted molar refractivity (Wildman–Crippen MR) is 140 cm³/mol. The summed E-state index contributed by atoms with van der Waals surface area (Å²) in [4.78, 5) is 16.1. The molecule has 2 atom stereocenters. The van der Waals surface area contributed by atoms with E-state index in [1.54, 1.807) is 12.3 Å². The summed E-state index contributed by atoms with van der Waals surface area (Å²) in [5.74, 6) is -0.753. The van der Waals surface area contributed by atoms with Gasteiger partial charge in [-0.05, 0) is 104 Å². The molecule has 0 bridgehead atoms. The highest BCUT2D eigenvalue weighted by Crippen LogP contribution is 2.45. The Bertz CT molecular complexity index is 1120. The lowest BCUT2D eigenvalue weighted by Gasteiger charge is -2.19. The van der Waals surface area contributed by atoms with E-state index in [1.807, 2.05) is 38.1 Å². The maximum atomic E-state index is 14.2. The van der Waals surface area contributed by atoms with Gasteiger partial charge in [0.05, 0.1) is 5.92 Å². The molecule has 3 rings (SSSR count). The molecule has 1 aliphatic carbocycles. The molecule has 0 saturated carbocycles. The summed E-state index contributed by atoms with van der Waals surface area (Å²) in [7, 11) is -1.03. The number of carbonyl (C=O) groups excluding carboxylic acids is 1. The molecule has 2 aromatic rings. The first kappa shape index (κ1) is 26.0. The van der Waals surface area contributed by atoms with Crippen LogP contribution in [0.2, 0.25) is 0 Å². The molecule has 182 valence electrons. The third-order valence-corrected chi connectivity index (χ3v) is 7.50. The van der Waals surface area contributed by atoms with Crippen LogP contribution in [0.15, 0.2) is 52.9 Å². The minimum Gasteiger partial charge on any atom is -0.356 e. The van der Waals surface area contributed by atoms with E-state index in [0.29, 0.717) is 6.54 Å². The quantitative estimate of drug-likeness (QED) is 0.463. The lowest BCUT2D eigenvalue weighted by molar-refractivity contribution is -0.122. The minimum atomic E-state index is -1.03. The van der Waals surface area contributed by atoms with Crippen molar-refractivity contribution in [2.24, 2.45) is 5.92 Å². The molecule has 1 amide bonds. The van der Waals surface area contributed by atoms with Gasteiger partial charge in [0, 0.05) is 28.5 Å². The van der Waals surface area contributed by atoms with Gasteiger partial charge in [-0.2, -0.15) is 0 Å². The fraction of sp³-hybridized carbons (Fsp3) is 0.393. The second kappa shape index (κ2) is 11.7. The van der Waals surface area contributed by atoms with E-state index in [2.05, 4.69) is 30.1 Å². The fourth-order valence-corrected chi connectivity index (χ4v) is 5.05. The number of nitrogens with one attached hydrogen (secondary N) is 1. The third-order valence-electron chi connectivity index (χ3n) is 6.56. The molecular weight excluding hydrogens is 447 g/mol. The van der Waals surface area contributed by atoms with Crippen molar-refractivity contribution in [2.45, 2.75) is 39.0 Å². The SMILES string of the molecule is CCN(CC)CCCNC(=O)C(C)C1=C(C)/C(=C/c2ccc(S(C)=O)cc2)c2ccc(F)cc21. The Morgan fingerprint density at radius 2 is 1.79 bits per heavy atom. The first-order chi connectivity index (χ1) is 16.3. The van der Waals surface area contributed by atoms with Crippen LogP contribution in [0, 0.1) is 11.7 Å². The monoisotopic (exact) mass is 482 g/mol. The second-order valence-electron chi connectivity index (χ2n) is 8.70. The summed E-state index contributed by atoms with van der Waals surface area (Å²) in [6.07, 6.45) is 4.60. The van der Waals surface area contributed by atoms with Crippen LogP contribution in [0.4, 0.5) is 4.39 Å². The van der Waals surface area contributed by atoms with Gasteiger partial charge in [0.2, 0.25) is 5.91 Å². The molecule has 34 heavy (non-hydrogen) atoms. The molecule has 0 fully saturated rings. The summed E-state index contributed by atoms with van der Waals surface area (Å²) in [5.41, 5.74) is 5.51. The zero-order valence-electron chi connectivity index (χ0n) is 20.8. The average Bonchev–Trinajstić information content (AvgIpc) is 3.09. The first-order valence-electron chi connectivity index (χ1n) is 11.9. The lowest BCUT2D eigenvalue weighted by atomic mass is 9.92. The summed E-state index contributed by atoms with van der Waals surface area (Å²) in [6.45, 7) is 11.7. The van der Waals surface area contributed by atoms with Gasteiger partial charge in [0.25, 0.3) is 0 Å². The first-order valence-corrected chi connectivity index (χ1v) is 13.5. The van der Waals surface area contributed by atoms with E-state index >= 15 is 0 Å². The van der Waals surface area contributed by atoms with Crippen molar-refractivity contribution >= 4 is 33.9 Å². The van der Waals surface area contributed by atoms with Crippen molar-refractivity contribution < 1.29 is 13.4 Å². The van der Waals surface area contributed by atoms with Crippen molar-refractivity contribution in [3.05, 3.63) is 70.5 Å². The van der Waals surface area contributed by atoms with Gasteiger partial charge in [-0.1, -0.05) is 32.0 Å². The van der Waals surface area contributed by atoms with Crippen molar-refractivity contribution in [3.8, 4) is 0 Å². The number of allylic oxidation sites excluding steroid dienone is 2. The van der Waals surface area contributed by atoms with Crippen LogP contribution in [0.3, 0.4) is 0 Å². The van der Waals surface area contributed by atoms with Gasteiger partial charge >= 0.3 is 0 Å². The Kier molecular flexibility index (Phi) is 8.97. The predicted octanol–water partition coefficient (Wildman–Crippen LogP) is 5.38. The Balaban J connectivity index is 1.85. The van der Waals surface area contributed by atoms with E-state index < -0.39 is 16.7 Å². The number of rotatable bonds is 10. The van der Waals surface area contributed by atoms with Gasteiger partial charge in [-0.15, -0.1) is 0 Å². The van der Waals surface area contributed by atoms with Crippen LogP contribution in [-0.4, -0.2) is 47.5 Å². The Morgan fingerprint density at radius 3 is 2.41 bits per heavy atom. The molecule has 0 aromatic heterocycles. The summed E-state index contributed by atoms with van der Waals surface area (Å²) < 4.78 is 25.9. The highest BCUT2D eigenvalue weighted by Gasteiger charge is 2.30. The topological polar surface area (TPSA) is 49.4 Å². The molecular formula is C28H35FN2O2S. The van der Waals surface area contributed by atoms with Gasteiger partial charge < -0.3 is 10.2 Å². The third kappa shape index (κ3) is 5.91. The number of amides is 1. The average molecular weight is 483 g/mol. The van der Waals surface area contributed by atoms with Gasteiger partial charge in [-0.25, -0.2) is 4.39 Å². The van der Waals surface area contributed by atoms with Gasteiger partial charge in [0.1, 0.15) is 5.82 Å². The van der Waals surface area contributed by atoms with E-state index in [-0.39, 0.29) is 11.7 Å². The Morgan fingerprint density at radius 1 is 1.12 bits per heavy atom. The van der Waals surface area contributed by atoms with Crippen LogP contribution >= 0.6 is 0 Å². The molecule has 6 heteroatoms. The van der Waals surface area contributed by atoms with Crippen molar-refractivity contribution in [1.82, 2.24) is 10.2 Å². The number of hydrogen-bond acceptors (Lipinski definition) is 3. The number of benzene rings is 2. The van der Waals surface area contributed by atoms with E-state index in [9.17, 15) is 13.4 Å². The summed E-state index contributed by atoms with van der Waals surface area (Å²) in [6, 6.07) is 12.4. The molecule has 1 aliphatic rings. The van der Waals surface area contributed by atoms with Crippen LogP contribution < -0.4 is 5.32 Å². The molecule has 0 saturated heterocycles. The van der Waals surface area contributed by atoms with Crippen molar-refractivity contribution in [3.63, 3.8) is 0 Å². The summed E-state index contributed by atoms with van der Waals surface area (Å²) in [5, 5.41) is 3.07. The van der Waals surface area contributed by atoms with E-state index in [0.717, 1.165) is 64.4 Å². The van der Waals surface area contributed by atoms with E-state index in [1.165, 1.54) is 12.1 Å². The second-order valence-corrected chi connectivity index (χ2v) is 10.1. The minimum absolute atomic E-state index is 0.0415. The van der Waals surface area contributed by atoms with Gasteiger partial charge in [-0.3, -0.25) is 9.00 Å². The zero-order chi connectivity index (χ0) is 24.8. The van der Waals surface area contributed by atoms with E-state index in [4.69, 9.17) is 0 Å². The largest absolute Gasteiger partial charge is 0.356 e. The van der Waals surface area contributed by atoms with Crippen molar-refractivity contribution in [1.29, 1.82) is 0 Å². The Labute approximate surface area is 205 Å². The summed E-state index contributed by atoms with van der Waals surface area (Å²) >= 11 is 0. The fourth-order valence-electron chi connectivity index (χ4n) is 4.53. The van der Waals surface area contributed by atoms with Crippen LogP contribution in [-0.2, 0) is 15.6 Å². The lowest BCUT2D eigenvalue weighted by Crippen LogP contribution is -2.33. The molecule has 0 radical (unpaired) electrons. The number of nitrogens with zero attached hydrogens (tertiary/aromatic N) is 1. The molecule has 4 nitrogen and oxygen atoms in total. The highest BCUT2D eigenvalue weighted by molar-refractivity contribution is 7.84. The Hall–Kier alpha value is -2.57. The number of carbonyl (C=O) groups is 1. The maximum absolute atomic E-state index is 14.2. The van der Waals surface area contributed by atoms with Crippen LogP contribution in [0.5, 0.6) is 0 Å². The smallest absolute Gasteiger partial charge is 0.227 e. The van der Waals surface area contributed by atoms with Gasteiger partial charge in [0.15, 0.2) is 0 Å². The maximum Gasteiger partial charge on any atom is 0.227 e. The normalized spacial score (nSPS) is 16.1. The number of halogens is 1.